The highest BCUT2D eigenvalue weighted by Gasteiger charge is 2.16. The third kappa shape index (κ3) is 1.78. The van der Waals surface area contributed by atoms with Gasteiger partial charge in [0.25, 0.3) is 0 Å². The lowest BCUT2D eigenvalue weighted by Gasteiger charge is -1.99. The van der Waals surface area contributed by atoms with E-state index in [1.54, 1.807) is 0 Å². The molecular weight excluding hydrogens is 202 g/mol. The van der Waals surface area contributed by atoms with Gasteiger partial charge in [-0.1, -0.05) is 35.5 Å². The summed E-state index contributed by atoms with van der Waals surface area (Å²) < 4.78 is 10.2. The molecule has 0 atom stereocenters. The van der Waals surface area contributed by atoms with Crippen LogP contribution in [0.1, 0.15) is 5.56 Å². The molecule has 1 heterocycles. The smallest absolute Gasteiger partial charge is 0.315 e. The van der Waals surface area contributed by atoms with Crippen molar-refractivity contribution in [2.75, 3.05) is 7.11 Å². The average Bonchev–Trinajstić information content (AvgIpc) is 2.74. The molecule has 0 aliphatic rings. The van der Waals surface area contributed by atoms with Gasteiger partial charge in [0.2, 0.25) is 0 Å². The lowest BCUT2D eigenvalue weighted by atomic mass is 10.1. The number of ether oxygens (including phenoxy) is 1. The van der Waals surface area contributed by atoms with Gasteiger partial charge in [0.05, 0.1) is 12.7 Å². The number of rotatable bonds is 3. The summed E-state index contributed by atoms with van der Waals surface area (Å²) in [5.41, 5.74) is 2.53. The molecule has 1 aromatic carbocycles. The van der Waals surface area contributed by atoms with Crippen LogP contribution in [0, 0.1) is 12.3 Å². The summed E-state index contributed by atoms with van der Waals surface area (Å²) >= 11 is 0. The lowest BCUT2D eigenvalue weighted by molar-refractivity contribution is 0.259. The zero-order chi connectivity index (χ0) is 11.4. The van der Waals surface area contributed by atoms with Crippen molar-refractivity contribution in [1.29, 1.82) is 0 Å². The minimum Gasteiger partial charge on any atom is -0.467 e. The number of terminal acetylenes is 1. The first kappa shape index (κ1) is 10.3. The van der Waals surface area contributed by atoms with Gasteiger partial charge >= 0.3 is 5.95 Å². The van der Waals surface area contributed by atoms with Crippen LogP contribution in [0.4, 0.5) is 0 Å². The Morgan fingerprint density at radius 2 is 2.12 bits per heavy atom. The number of hydrogen-bond donors (Lipinski definition) is 0. The van der Waals surface area contributed by atoms with Gasteiger partial charge in [-0.25, -0.2) is 0 Å². The summed E-state index contributed by atoms with van der Waals surface area (Å²) in [6.45, 7) is 0. The van der Waals surface area contributed by atoms with E-state index >= 15 is 0 Å². The number of hydrogen-bond acceptors (Lipinski definition) is 3. The quantitative estimate of drug-likeness (QED) is 0.735. The fraction of sp³-hybridized carbons (Fsp3) is 0.154. The van der Waals surface area contributed by atoms with E-state index in [1.807, 2.05) is 30.3 Å². The van der Waals surface area contributed by atoms with Crippen LogP contribution in [0.15, 0.2) is 34.9 Å². The molecule has 0 amide bonds. The summed E-state index contributed by atoms with van der Waals surface area (Å²) in [6.07, 6.45) is 5.76. The molecule has 0 N–H and O–H groups in total. The van der Waals surface area contributed by atoms with Gasteiger partial charge in [0.15, 0.2) is 0 Å². The highest BCUT2D eigenvalue weighted by molar-refractivity contribution is 5.64. The number of benzene rings is 1. The Morgan fingerprint density at radius 1 is 1.38 bits per heavy atom. The first-order chi connectivity index (χ1) is 7.86. The predicted octanol–water partition coefficient (Wildman–Crippen LogP) is 2.53. The van der Waals surface area contributed by atoms with Crippen LogP contribution in [0.5, 0.6) is 5.95 Å². The van der Waals surface area contributed by atoms with Crippen LogP contribution >= 0.6 is 0 Å². The number of methoxy groups -OCH3 is 1. The fourth-order valence-corrected chi connectivity index (χ4v) is 1.54. The molecule has 0 aliphatic heterocycles. The van der Waals surface area contributed by atoms with Crippen LogP contribution in [0.2, 0.25) is 0 Å². The van der Waals surface area contributed by atoms with Gasteiger partial charge in [0.1, 0.15) is 5.69 Å². The van der Waals surface area contributed by atoms with Crippen LogP contribution in [-0.4, -0.2) is 12.3 Å². The van der Waals surface area contributed by atoms with Crippen molar-refractivity contribution in [2.45, 2.75) is 6.42 Å². The lowest BCUT2D eigenvalue weighted by Crippen LogP contribution is -1.89. The maximum absolute atomic E-state index is 5.32. The second kappa shape index (κ2) is 4.54. The zero-order valence-corrected chi connectivity index (χ0v) is 8.93. The Morgan fingerprint density at radius 3 is 2.75 bits per heavy atom. The predicted molar refractivity (Wildman–Crippen MR) is 61.0 cm³/mol. The van der Waals surface area contributed by atoms with Gasteiger partial charge in [-0.15, -0.1) is 12.3 Å². The molecule has 80 valence electrons. The van der Waals surface area contributed by atoms with Gasteiger partial charge in [-0.2, -0.15) is 0 Å². The van der Waals surface area contributed by atoms with E-state index in [4.69, 9.17) is 15.7 Å². The topological polar surface area (TPSA) is 35.3 Å². The average molecular weight is 213 g/mol. The van der Waals surface area contributed by atoms with E-state index in [0.29, 0.717) is 12.4 Å². The monoisotopic (exact) mass is 213 g/mol. The summed E-state index contributed by atoms with van der Waals surface area (Å²) in [5.74, 6) is 2.96. The Balaban J connectivity index is 2.50. The van der Waals surface area contributed by atoms with E-state index < -0.39 is 0 Å². The molecule has 0 unspecified atom stereocenters. The number of nitrogens with zero attached hydrogens (tertiary/aromatic N) is 1. The molecule has 0 aliphatic carbocycles. The van der Waals surface area contributed by atoms with Crippen molar-refractivity contribution in [1.82, 2.24) is 5.16 Å². The molecule has 3 heteroatoms. The standard InChI is InChI=1S/C13H11NO2/c1-3-7-11-12(14-16-13(11)15-2)10-8-5-4-6-9-10/h1,4-6,8-9H,7H2,2H3. The van der Waals surface area contributed by atoms with Crippen molar-refractivity contribution in [3.63, 3.8) is 0 Å². The van der Waals surface area contributed by atoms with Gasteiger partial charge < -0.3 is 9.26 Å². The second-order valence-corrected chi connectivity index (χ2v) is 3.25. The highest BCUT2D eigenvalue weighted by Crippen LogP contribution is 2.30. The first-order valence-corrected chi connectivity index (χ1v) is 4.88. The molecule has 2 aromatic rings. The molecule has 0 fully saturated rings. The molecule has 1 aromatic heterocycles. The first-order valence-electron chi connectivity index (χ1n) is 4.88. The van der Waals surface area contributed by atoms with Crippen molar-refractivity contribution in [3.8, 4) is 29.5 Å². The highest BCUT2D eigenvalue weighted by atomic mass is 16.6. The normalized spacial score (nSPS) is 9.75. The Bertz CT molecular complexity index is 508. The summed E-state index contributed by atoms with van der Waals surface area (Å²) in [5, 5.41) is 3.98. The minimum atomic E-state index is 0.386. The SMILES string of the molecule is C#CCc1c(-c2ccccc2)noc1OC. The van der Waals surface area contributed by atoms with Gasteiger partial charge in [-0.3, -0.25) is 0 Å². The second-order valence-electron chi connectivity index (χ2n) is 3.25. The van der Waals surface area contributed by atoms with E-state index in [0.717, 1.165) is 16.8 Å². The van der Waals surface area contributed by atoms with E-state index in [9.17, 15) is 0 Å². The van der Waals surface area contributed by atoms with Crippen molar-refractivity contribution < 1.29 is 9.26 Å². The molecule has 0 spiro atoms. The van der Waals surface area contributed by atoms with E-state index in [1.165, 1.54) is 7.11 Å². The minimum absolute atomic E-state index is 0.386. The molecule has 2 rings (SSSR count). The Hall–Kier alpha value is -2.21. The fourth-order valence-electron chi connectivity index (χ4n) is 1.54. The Kier molecular flexibility index (Phi) is 2.93. The number of aromatic nitrogens is 1. The van der Waals surface area contributed by atoms with Gasteiger partial charge in [-0.05, 0) is 0 Å². The van der Waals surface area contributed by atoms with Crippen molar-refractivity contribution >= 4 is 0 Å². The van der Waals surface area contributed by atoms with Crippen LogP contribution in [0.25, 0.3) is 11.3 Å². The van der Waals surface area contributed by atoms with E-state index in [2.05, 4.69) is 11.1 Å². The van der Waals surface area contributed by atoms with E-state index in [-0.39, 0.29) is 0 Å². The summed E-state index contributed by atoms with van der Waals surface area (Å²) in [7, 11) is 1.54. The van der Waals surface area contributed by atoms with Crippen molar-refractivity contribution in [3.05, 3.63) is 35.9 Å². The molecule has 0 bridgehead atoms. The summed E-state index contributed by atoms with van der Waals surface area (Å²) in [4.78, 5) is 0. The molecule has 16 heavy (non-hydrogen) atoms. The third-order valence-electron chi connectivity index (χ3n) is 2.26. The van der Waals surface area contributed by atoms with Crippen molar-refractivity contribution in [2.24, 2.45) is 0 Å². The third-order valence-corrected chi connectivity index (χ3v) is 2.26. The zero-order valence-electron chi connectivity index (χ0n) is 8.93. The largest absolute Gasteiger partial charge is 0.467 e. The van der Waals surface area contributed by atoms with Crippen LogP contribution in [-0.2, 0) is 6.42 Å². The summed E-state index contributed by atoms with van der Waals surface area (Å²) in [6, 6.07) is 9.74. The molecular formula is C13H11NO2. The molecule has 0 saturated carbocycles. The van der Waals surface area contributed by atoms with Crippen LogP contribution < -0.4 is 4.74 Å². The van der Waals surface area contributed by atoms with Crippen LogP contribution in [0.3, 0.4) is 0 Å². The Labute approximate surface area is 94.0 Å². The van der Waals surface area contributed by atoms with Gasteiger partial charge in [0, 0.05) is 12.0 Å². The molecule has 0 saturated heterocycles. The maximum Gasteiger partial charge on any atom is 0.315 e. The molecule has 3 nitrogen and oxygen atoms in total. The maximum atomic E-state index is 5.32. The molecule has 0 radical (unpaired) electrons.